The third kappa shape index (κ3) is 5.44. The van der Waals surface area contributed by atoms with Crippen LogP contribution in [0.5, 0.6) is 0 Å². The van der Waals surface area contributed by atoms with Gasteiger partial charge in [-0.25, -0.2) is 9.78 Å². The zero-order chi connectivity index (χ0) is 25.3. The van der Waals surface area contributed by atoms with Crippen molar-refractivity contribution in [3.63, 3.8) is 0 Å². The van der Waals surface area contributed by atoms with Gasteiger partial charge in [-0.15, -0.1) is 0 Å². The molecule has 11 heteroatoms. The molecule has 0 spiro atoms. The van der Waals surface area contributed by atoms with Crippen LogP contribution in [0.3, 0.4) is 0 Å². The maximum absolute atomic E-state index is 13.2. The van der Waals surface area contributed by atoms with E-state index in [0.29, 0.717) is 21.1 Å². The number of imidazole rings is 1. The van der Waals surface area contributed by atoms with Crippen LogP contribution in [0.2, 0.25) is 5.02 Å². The molecule has 0 aliphatic heterocycles. The van der Waals surface area contributed by atoms with E-state index in [0.717, 1.165) is 23.9 Å². The highest BCUT2D eigenvalue weighted by atomic mass is 35.5. The molecule has 0 bridgehead atoms. The first kappa shape index (κ1) is 24.6. The van der Waals surface area contributed by atoms with E-state index >= 15 is 0 Å². The average molecular weight is 520 g/mol. The normalized spacial score (nSPS) is 12.5. The lowest BCUT2D eigenvalue weighted by molar-refractivity contribution is -0.137. The van der Waals surface area contributed by atoms with Crippen LogP contribution in [0, 0.1) is 0 Å². The Labute approximate surface area is 206 Å². The van der Waals surface area contributed by atoms with Crippen LogP contribution in [0.1, 0.15) is 44.9 Å². The third-order valence-corrected chi connectivity index (χ3v) is 6.40. The van der Waals surface area contributed by atoms with E-state index in [4.69, 9.17) is 16.7 Å². The van der Waals surface area contributed by atoms with Crippen LogP contribution in [0.15, 0.2) is 76.8 Å². The van der Waals surface area contributed by atoms with Crippen molar-refractivity contribution in [2.45, 2.75) is 29.1 Å². The second-order valence-corrected chi connectivity index (χ2v) is 9.13. The number of aromatic carboxylic acids is 1. The van der Waals surface area contributed by atoms with Crippen molar-refractivity contribution < 1.29 is 27.9 Å². The number of carboxylic acid groups (broad SMARTS) is 1. The van der Waals surface area contributed by atoms with Gasteiger partial charge in [0.1, 0.15) is 16.4 Å². The summed E-state index contributed by atoms with van der Waals surface area (Å²) in [6, 6.07) is 13.4. The molecule has 180 valence electrons. The molecule has 1 amide bonds. The molecule has 0 radical (unpaired) electrons. The number of carbonyl (C=O) groups excluding carboxylic acids is 1. The molecule has 6 nitrogen and oxygen atoms in total. The van der Waals surface area contributed by atoms with Crippen molar-refractivity contribution in [2.24, 2.45) is 0 Å². The quantitative estimate of drug-likeness (QED) is 0.310. The third-order valence-electron chi connectivity index (χ3n) is 5.18. The SMILES string of the molecule is CC(NC(=O)c1cc(Cl)cc2ncc(Sc3ccc(C(F)(F)F)cc3)n12)c1ccc(C(=O)O)cc1. The summed E-state index contributed by atoms with van der Waals surface area (Å²) in [4.78, 5) is 29.1. The van der Waals surface area contributed by atoms with Gasteiger partial charge in [0.05, 0.1) is 23.4 Å². The van der Waals surface area contributed by atoms with E-state index in [1.54, 1.807) is 29.5 Å². The highest BCUT2D eigenvalue weighted by molar-refractivity contribution is 7.99. The smallest absolute Gasteiger partial charge is 0.416 e. The van der Waals surface area contributed by atoms with E-state index in [9.17, 15) is 22.8 Å². The highest BCUT2D eigenvalue weighted by Crippen LogP contribution is 2.34. The maximum Gasteiger partial charge on any atom is 0.416 e. The monoisotopic (exact) mass is 519 g/mol. The summed E-state index contributed by atoms with van der Waals surface area (Å²) in [5.74, 6) is -1.51. The second-order valence-electron chi connectivity index (χ2n) is 7.60. The van der Waals surface area contributed by atoms with Crippen molar-refractivity contribution in [1.29, 1.82) is 0 Å². The van der Waals surface area contributed by atoms with E-state index in [-0.39, 0.29) is 16.3 Å². The summed E-state index contributed by atoms with van der Waals surface area (Å²) in [5, 5.41) is 12.7. The molecule has 2 heterocycles. The van der Waals surface area contributed by atoms with Gasteiger partial charge < -0.3 is 10.4 Å². The van der Waals surface area contributed by atoms with E-state index in [1.165, 1.54) is 36.5 Å². The summed E-state index contributed by atoms with van der Waals surface area (Å²) < 4.78 is 40.2. The zero-order valence-corrected chi connectivity index (χ0v) is 19.6. The summed E-state index contributed by atoms with van der Waals surface area (Å²) in [6.07, 6.45) is -2.92. The standard InChI is InChI=1S/C24H17ClF3N3O3S/c1-13(14-2-4-15(5-3-14)23(33)34)30-22(32)19-10-17(25)11-20-29-12-21(31(19)20)35-18-8-6-16(7-9-18)24(26,27)28/h2-13H,1H3,(H,30,32)(H,33,34). The molecule has 1 unspecified atom stereocenters. The molecule has 0 fully saturated rings. The Morgan fingerprint density at radius 3 is 2.34 bits per heavy atom. The molecule has 0 aliphatic carbocycles. The predicted octanol–water partition coefficient (Wildman–Crippen LogP) is 6.35. The minimum atomic E-state index is -4.43. The van der Waals surface area contributed by atoms with Crippen LogP contribution in [-0.2, 0) is 6.18 Å². The molecular formula is C24H17ClF3N3O3S. The number of hydrogen-bond donors (Lipinski definition) is 2. The lowest BCUT2D eigenvalue weighted by Gasteiger charge is -2.16. The molecule has 0 aliphatic rings. The van der Waals surface area contributed by atoms with Crippen molar-refractivity contribution >= 4 is 40.9 Å². The van der Waals surface area contributed by atoms with Gasteiger partial charge in [0.25, 0.3) is 5.91 Å². The van der Waals surface area contributed by atoms with Crippen molar-refractivity contribution in [2.75, 3.05) is 0 Å². The van der Waals surface area contributed by atoms with Gasteiger partial charge in [0.15, 0.2) is 0 Å². The summed E-state index contributed by atoms with van der Waals surface area (Å²) >= 11 is 7.35. The Kier molecular flexibility index (Phi) is 6.77. The maximum atomic E-state index is 13.2. The molecule has 1 atom stereocenters. The number of halogens is 4. The number of amides is 1. The molecular weight excluding hydrogens is 503 g/mol. The molecule has 4 aromatic rings. The minimum Gasteiger partial charge on any atom is -0.478 e. The molecule has 0 saturated heterocycles. The summed E-state index contributed by atoms with van der Waals surface area (Å²) in [5.41, 5.74) is 0.667. The molecule has 2 aromatic carbocycles. The molecule has 35 heavy (non-hydrogen) atoms. The number of rotatable bonds is 6. The summed E-state index contributed by atoms with van der Waals surface area (Å²) in [7, 11) is 0. The van der Waals surface area contributed by atoms with Crippen LogP contribution in [-0.4, -0.2) is 26.4 Å². The fraction of sp³-hybridized carbons (Fsp3) is 0.125. The number of nitrogens with one attached hydrogen (secondary N) is 1. The fourth-order valence-corrected chi connectivity index (χ4v) is 4.50. The second kappa shape index (κ2) is 9.63. The lowest BCUT2D eigenvalue weighted by Crippen LogP contribution is -2.28. The number of nitrogens with zero attached hydrogens (tertiary/aromatic N) is 2. The molecule has 2 N–H and O–H groups in total. The first-order valence-electron chi connectivity index (χ1n) is 10.2. The number of carbonyl (C=O) groups is 2. The van der Waals surface area contributed by atoms with Gasteiger partial charge in [0, 0.05) is 16.0 Å². The van der Waals surface area contributed by atoms with Gasteiger partial charge in [-0.2, -0.15) is 13.2 Å². The molecule has 0 saturated carbocycles. The summed E-state index contributed by atoms with van der Waals surface area (Å²) in [6.45, 7) is 1.75. The Hall–Kier alpha value is -3.50. The van der Waals surface area contributed by atoms with Crippen LogP contribution >= 0.6 is 23.4 Å². The molecule has 2 aromatic heterocycles. The van der Waals surface area contributed by atoms with Gasteiger partial charge in [0.2, 0.25) is 0 Å². The number of hydrogen-bond acceptors (Lipinski definition) is 4. The Morgan fingerprint density at radius 2 is 1.74 bits per heavy atom. The van der Waals surface area contributed by atoms with Gasteiger partial charge in [-0.1, -0.05) is 35.5 Å². The Bertz CT molecular complexity index is 1400. The van der Waals surface area contributed by atoms with Gasteiger partial charge in [-0.05, 0) is 55.0 Å². The van der Waals surface area contributed by atoms with Crippen LogP contribution in [0.4, 0.5) is 13.2 Å². The van der Waals surface area contributed by atoms with Crippen molar-refractivity contribution in [1.82, 2.24) is 14.7 Å². The number of pyridine rings is 1. The number of aromatic nitrogens is 2. The average Bonchev–Trinajstić information content (AvgIpc) is 3.20. The first-order chi connectivity index (χ1) is 16.5. The Morgan fingerprint density at radius 1 is 1.09 bits per heavy atom. The fourth-order valence-electron chi connectivity index (χ4n) is 3.39. The van der Waals surface area contributed by atoms with Crippen LogP contribution in [0.25, 0.3) is 5.65 Å². The van der Waals surface area contributed by atoms with Crippen LogP contribution < -0.4 is 5.32 Å². The van der Waals surface area contributed by atoms with E-state index in [1.807, 2.05) is 0 Å². The number of fused-ring (bicyclic) bond motifs is 1. The number of benzene rings is 2. The zero-order valence-electron chi connectivity index (χ0n) is 18.0. The highest BCUT2D eigenvalue weighted by Gasteiger charge is 2.30. The largest absolute Gasteiger partial charge is 0.478 e. The van der Waals surface area contributed by atoms with Crippen molar-refractivity contribution in [3.8, 4) is 0 Å². The van der Waals surface area contributed by atoms with Crippen molar-refractivity contribution in [3.05, 3.63) is 94.3 Å². The first-order valence-corrected chi connectivity index (χ1v) is 11.4. The lowest BCUT2D eigenvalue weighted by atomic mass is 10.1. The predicted molar refractivity (Wildman–Crippen MR) is 125 cm³/mol. The van der Waals surface area contributed by atoms with E-state index in [2.05, 4.69) is 10.3 Å². The van der Waals surface area contributed by atoms with Gasteiger partial charge in [-0.3, -0.25) is 9.20 Å². The van der Waals surface area contributed by atoms with Gasteiger partial charge >= 0.3 is 12.1 Å². The number of alkyl halides is 3. The number of carboxylic acids is 1. The van der Waals surface area contributed by atoms with E-state index < -0.39 is 29.7 Å². The molecule has 4 rings (SSSR count). The Balaban J connectivity index is 1.61. The minimum absolute atomic E-state index is 0.132. The topological polar surface area (TPSA) is 83.7 Å².